The second-order valence-corrected chi connectivity index (χ2v) is 11.9. The second kappa shape index (κ2) is 12.3. The molecule has 8 aromatic carbocycles. The Hall–Kier alpha value is -6.12. The number of benzene rings is 8. The minimum absolute atomic E-state index is 1.12. The summed E-state index contributed by atoms with van der Waals surface area (Å²) in [5, 5.41) is 4.90. The quantitative estimate of drug-likeness (QED) is 0.179. The second-order valence-electron chi connectivity index (χ2n) is 11.9. The van der Waals surface area contributed by atoms with Crippen molar-refractivity contribution in [2.24, 2.45) is 0 Å². The molecule has 0 aliphatic rings. The lowest BCUT2D eigenvalue weighted by atomic mass is 10.0. The number of hydrogen-bond donors (Lipinski definition) is 0. The van der Waals surface area contributed by atoms with Crippen LogP contribution in [0, 0.1) is 0 Å². The molecule has 0 aliphatic heterocycles. The topological polar surface area (TPSA) is 6.48 Å². The standard InChI is InChI=1S/C45H34N2/c1-46(41-19-9-18-38(32-41)33-12-3-2-4-13-33)39-28-24-34(25-29-39)35-26-30-40(31-27-35)47(44-22-10-16-36-14-5-7-20-42(36)44)45-23-11-17-37-15-6-8-21-43(37)45/h2-32H,1H3. The van der Waals surface area contributed by atoms with E-state index in [-0.39, 0.29) is 0 Å². The van der Waals surface area contributed by atoms with Gasteiger partial charge in [-0.05, 0) is 81.6 Å². The van der Waals surface area contributed by atoms with Gasteiger partial charge in [-0.3, -0.25) is 0 Å². The molecule has 0 spiro atoms. The first-order chi connectivity index (χ1) is 23.2. The van der Waals surface area contributed by atoms with E-state index >= 15 is 0 Å². The van der Waals surface area contributed by atoms with Crippen LogP contribution >= 0.6 is 0 Å². The Morgan fingerprint density at radius 1 is 0.319 bits per heavy atom. The molecule has 8 aromatic rings. The van der Waals surface area contributed by atoms with E-state index in [1.165, 1.54) is 43.8 Å². The van der Waals surface area contributed by atoms with Crippen molar-refractivity contribution in [3.05, 3.63) is 188 Å². The molecular weight excluding hydrogens is 569 g/mol. The highest BCUT2D eigenvalue weighted by Gasteiger charge is 2.17. The summed E-state index contributed by atoms with van der Waals surface area (Å²) in [6.07, 6.45) is 0. The van der Waals surface area contributed by atoms with E-state index in [1.807, 2.05) is 0 Å². The number of anilines is 5. The van der Waals surface area contributed by atoms with Gasteiger partial charge in [-0.25, -0.2) is 0 Å². The molecule has 0 atom stereocenters. The highest BCUT2D eigenvalue weighted by atomic mass is 15.1. The highest BCUT2D eigenvalue weighted by molar-refractivity contribution is 6.04. The largest absolute Gasteiger partial charge is 0.345 e. The summed E-state index contributed by atoms with van der Waals surface area (Å²) < 4.78 is 0. The first kappa shape index (κ1) is 28.4. The molecule has 0 N–H and O–H groups in total. The Kier molecular flexibility index (Phi) is 7.45. The third-order valence-electron chi connectivity index (χ3n) is 9.07. The molecule has 0 aromatic heterocycles. The molecule has 8 rings (SSSR count). The maximum atomic E-state index is 2.40. The lowest BCUT2D eigenvalue weighted by molar-refractivity contribution is 1.21. The zero-order valence-electron chi connectivity index (χ0n) is 26.3. The molecule has 224 valence electrons. The minimum atomic E-state index is 1.12. The normalized spacial score (nSPS) is 11.1. The predicted molar refractivity (Wildman–Crippen MR) is 202 cm³/mol. The average molecular weight is 603 g/mol. The summed E-state index contributed by atoms with van der Waals surface area (Å²) in [4.78, 5) is 4.64. The third kappa shape index (κ3) is 5.51. The van der Waals surface area contributed by atoms with Gasteiger partial charge < -0.3 is 9.80 Å². The summed E-state index contributed by atoms with van der Waals surface area (Å²) in [6, 6.07) is 67.4. The van der Waals surface area contributed by atoms with Crippen LogP contribution in [0.15, 0.2) is 188 Å². The molecular formula is C45H34N2. The Bertz CT molecular complexity index is 2220. The van der Waals surface area contributed by atoms with Crippen molar-refractivity contribution < 1.29 is 0 Å². The molecule has 0 unspecified atom stereocenters. The zero-order chi connectivity index (χ0) is 31.6. The van der Waals surface area contributed by atoms with E-state index in [0.29, 0.717) is 0 Å². The van der Waals surface area contributed by atoms with Crippen molar-refractivity contribution in [1.82, 2.24) is 0 Å². The maximum absolute atomic E-state index is 2.40. The van der Waals surface area contributed by atoms with Crippen molar-refractivity contribution in [3.63, 3.8) is 0 Å². The summed E-state index contributed by atoms with van der Waals surface area (Å²) >= 11 is 0. The fourth-order valence-corrected chi connectivity index (χ4v) is 6.57. The Morgan fingerprint density at radius 3 is 1.36 bits per heavy atom. The van der Waals surface area contributed by atoms with Gasteiger partial charge >= 0.3 is 0 Å². The SMILES string of the molecule is CN(c1ccc(-c2ccc(N(c3cccc4ccccc34)c3cccc4ccccc34)cc2)cc1)c1cccc(-c2ccccc2)c1. The van der Waals surface area contributed by atoms with Gasteiger partial charge in [-0.15, -0.1) is 0 Å². The van der Waals surface area contributed by atoms with Crippen molar-refractivity contribution in [2.45, 2.75) is 0 Å². The molecule has 0 bridgehead atoms. The van der Waals surface area contributed by atoms with Gasteiger partial charge in [-0.1, -0.05) is 140 Å². The average Bonchev–Trinajstić information content (AvgIpc) is 3.16. The maximum Gasteiger partial charge on any atom is 0.0540 e. The van der Waals surface area contributed by atoms with E-state index in [1.54, 1.807) is 0 Å². The zero-order valence-corrected chi connectivity index (χ0v) is 26.3. The van der Waals surface area contributed by atoms with Gasteiger partial charge in [0.05, 0.1) is 11.4 Å². The van der Waals surface area contributed by atoms with Gasteiger partial charge in [0, 0.05) is 34.9 Å². The number of rotatable bonds is 7. The molecule has 2 nitrogen and oxygen atoms in total. The van der Waals surface area contributed by atoms with E-state index < -0.39 is 0 Å². The summed E-state index contributed by atoms with van der Waals surface area (Å²) in [6.45, 7) is 0. The number of nitrogens with zero attached hydrogens (tertiary/aromatic N) is 2. The first-order valence-electron chi connectivity index (χ1n) is 16.1. The Morgan fingerprint density at radius 2 is 0.766 bits per heavy atom. The molecule has 0 fully saturated rings. The van der Waals surface area contributed by atoms with Crippen molar-refractivity contribution in [3.8, 4) is 22.3 Å². The van der Waals surface area contributed by atoms with E-state index in [4.69, 9.17) is 0 Å². The summed E-state index contributed by atoms with van der Waals surface area (Å²) in [5.74, 6) is 0. The Labute approximate surface area is 276 Å². The van der Waals surface area contributed by atoms with Crippen LogP contribution < -0.4 is 9.80 Å². The van der Waals surface area contributed by atoms with E-state index in [9.17, 15) is 0 Å². The van der Waals surface area contributed by atoms with Crippen LogP contribution in [0.2, 0.25) is 0 Å². The molecule has 0 heterocycles. The lowest BCUT2D eigenvalue weighted by Crippen LogP contribution is -2.11. The molecule has 0 amide bonds. The first-order valence-corrected chi connectivity index (χ1v) is 16.1. The monoisotopic (exact) mass is 602 g/mol. The van der Waals surface area contributed by atoms with Crippen LogP contribution in [-0.4, -0.2) is 7.05 Å². The molecule has 0 saturated heterocycles. The summed E-state index contributed by atoms with van der Waals surface area (Å²) in [7, 11) is 2.13. The van der Waals surface area contributed by atoms with Gasteiger partial charge in [-0.2, -0.15) is 0 Å². The number of hydrogen-bond acceptors (Lipinski definition) is 2. The molecule has 2 heteroatoms. The lowest BCUT2D eigenvalue weighted by Gasteiger charge is -2.28. The van der Waals surface area contributed by atoms with Crippen LogP contribution in [-0.2, 0) is 0 Å². The smallest absolute Gasteiger partial charge is 0.0540 e. The van der Waals surface area contributed by atoms with Crippen LogP contribution in [0.25, 0.3) is 43.8 Å². The molecule has 0 saturated carbocycles. The highest BCUT2D eigenvalue weighted by Crippen LogP contribution is 2.42. The van der Waals surface area contributed by atoms with Crippen molar-refractivity contribution in [2.75, 3.05) is 16.8 Å². The summed E-state index contributed by atoms with van der Waals surface area (Å²) in [5.41, 5.74) is 10.6. The fourth-order valence-electron chi connectivity index (χ4n) is 6.57. The third-order valence-corrected chi connectivity index (χ3v) is 9.07. The van der Waals surface area contributed by atoms with Crippen LogP contribution in [0.3, 0.4) is 0 Å². The Balaban J connectivity index is 1.13. The fraction of sp³-hybridized carbons (Fsp3) is 0.0222. The van der Waals surface area contributed by atoms with Crippen LogP contribution in [0.1, 0.15) is 0 Å². The van der Waals surface area contributed by atoms with Crippen LogP contribution in [0.5, 0.6) is 0 Å². The predicted octanol–water partition coefficient (Wildman–Crippen LogP) is 12.6. The minimum Gasteiger partial charge on any atom is -0.345 e. The van der Waals surface area contributed by atoms with Gasteiger partial charge in [0.25, 0.3) is 0 Å². The van der Waals surface area contributed by atoms with Crippen molar-refractivity contribution in [1.29, 1.82) is 0 Å². The molecule has 0 radical (unpaired) electrons. The molecule has 47 heavy (non-hydrogen) atoms. The van der Waals surface area contributed by atoms with Gasteiger partial charge in [0.15, 0.2) is 0 Å². The number of fused-ring (bicyclic) bond motifs is 2. The van der Waals surface area contributed by atoms with E-state index in [0.717, 1.165) is 28.4 Å². The van der Waals surface area contributed by atoms with Gasteiger partial charge in [0.2, 0.25) is 0 Å². The van der Waals surface area contributed by atoms with Crippen LogP contribution in [0.4, 0.5) is 28.4 Å². The van der Waals surface area contributed by atoms with Crippen molar-refractivity contribution >= 4 is 50.0 Å². The van der Waals surface area contributed by atoms with E-state index in [2.05, 4.69) is 205 Å². The van der Waals surface area contributed by atoms with Gasteiger partial charge in [0.1, 0.15) is 0 Å². The molecule has 0 aliphatic carbocycles.